The molecule has 98 valence electrons. The van der Waals surface area contributed by atoms with Crippen molar-refractivity contribution in [1.29, 1.82) is 0 Å². The Kier molecular flexibility index (Phi) is 2.30. The highest BCUT2D eigenvalue weighted by molar-refractivity contribution is 5.87. The molecule has 1 saturated carbocycles. The van der Waals surface area contributed by atoms with Crippen LogP contribution in [0.15, 0.2) is 42.5 Å². The Morgan fingerprint density at radius 2 is 1.74 bits per heavy atom. The van der Waals surface area contributed by atoms with Gasteiger partial charge < -0.3 is 10.5 Å². The first-order chi connectivity index (χ1) is 9.31. The molecule has 1 saturated heterocycles. The summed E-state index contributed by atoms with van der Waals surface area (Å²) in [5.41, 5.74) is 7.98. The molecule has 4 rings (SSSR count). The van der Waals surface area contributed by atoms with Crippen molar-refractivity contribution in [3.63, 3.8) is 0 Å². The molecule has 0 unspecified atom stereocenters. The lowest BCUT2D eigenvalue weighted by molar-refractivity contribution is -0.0965. The lowest BCUT2D eigenvalue weighted by atomic mass is 9.65. The van der Waals surface area contributed by atoms with Gasteiger partial charge in [-0.15, -0.1) is 0 Å². The normalized spacial score (nSPS) is 23.0. The van der Waals surface area contributed by atoms with Crippen molar-refractivity contribution >= 4 is 10.8 Å². The Morgan fingerprint density at radius 3 is 2.37 bits per heavy atom. The molecule has 2 N–H and O–H groups in total. The molecule has 0 aromatic heterocycles. The van der Waals surface area contributed by atoms with Crippen LogP contribution in [0.1, 0.15) is 18.4 Å². The number of rotatable bonds is 3. The summed E-state index contributed by atoms with van der Waals surface area (Å²) < 4.78 is 5.61. The lowest BCUT2D eigenvalue weighted by Crippen LogP contribution is -2.56. The molecule has 0 amide bonds. The highest BCUT2D eigenvalue weighted by Crippen LogP contribution is 2.62. The molecule has 0 spiro atoms. The highest BCUT2D eigenvalue weighted by Gasteiger charge is 2.63. The smallest absolute Gasteiger partial charge is 0.0591 e. The van der Waals surface area contributed by atoms with Crippen molar-refractivity contribution < 1.29 is 4.74 Å². The number of hydrogen-bond donors (Lipinski definition) is 1. The Hall–Kier alpha value is -1.38. The summed E-state index contributed by atoms with van der Waals surface area (Å²) in [5.74, 6) is 0. The summed E-state index contributed by atoms with van der Waals surface area (Å²) in [6.07, 6.45) is 2.49. The fourth-order valence-corrected chi connectivity index (χ4v) is 3.73. The number of ether oxygens (including phenoxy) is 1. The largest absolute Gasteiger partial charge is 0.379 e. The predicted molar refractivity (Wildman–Crippen MR) is 77.2 cm³/mol. The van der Waals surface area contributed by atoms with Crippen LogP contribution in [-0.2, 0) is 10.2 Å². The van der Waals surface area contributed by atoms with E-state index in [0.29, 0.717) is 0 Å². The summed E-state index contributed by atoms with van der Waals surface area (Å²) in [5, 5.41) is 2.69. The predicted octanol–water partition coefficient (Wildman–Crippen LogP) is 2.85. The van der Waals surface area contributed by atoms with E-state index in [2.05, 4.69) is 42.5 Å². The maximum Gasteiger partial charge on any atom is 0.0591 e. The van der Waals surface area contributed by atoms with Crippen LogP contribution in [0.5, 0.6) is 0 Å². The minimum atomic E-state index is 0.155. The summed E-state index contributed by atoms with van der Waals surface area (Å²) in [6, 6.07) is 15.3. The van der Waals surface area contributed by atoms with Gasteiger partial charge in [0.25, 0.3) is 0 Å². The van der Waals surface area contributed by atoms with E-state index in [1.54, 1.807) is 0 Å². The van der Waals surface area contributed by atoms with E-state index in [1.807, 2.05) is 0 Å². The topological polar surface area (TPSA) is 35.2 Å². The van der Waals surface area contributed by atoms with Gasteiger partial charge in [0.1, 0.15) is 0 Å². The van der Waals surface area contributed by atoms with E-state index in [9.17, 15) is 0 Å². The molecule has 19 heavy (non-hydrogen) atoms. The molecule has 2 aromatic carbocycles. The van der Waals surface area contributed by atoms with Gasteiger partial charge in [-0.2, -0.15) is 0 Å². The third-order valence-electron chi connectivity index (χ3n) is 5.26. The van der Waals surface area contributed by atoms with E-state index < -0.39 is 0 Å². The van der Waals surface area contributed by atoms with Crippen molar-refractivity contribution in [2.75, 3.05) is 19.8 Å². The Labute approximate surface area is 113 Å². The van der Waals surface area contributed by atoms with E-state index in [4.69, 9.17) is 10.5 Å². The van der Waals surface area contributed by atoms with Gasteiger partial charge in [-0.1, -0.05) is 42.5 Å². The zero-order valence-corrected chi connectivity index (χ0v) is 11.1. The van der Waals surface area contributed by atoms with E-state index in [-0.39, 0.29) is 10.8 Å². The summed E-state index contributed by atoms with van der Waals surface area (Å²) in [6.45, 7) is 2.44. The van der Waals surface area contributed by atoms with Gasteiger partial charge in [0.2, 0.25) is 0 Å². The van der Waals surface area contributed by atoms with Gasteiger partial charge in [0.05, 0.1) is 13.2 Å². The Morgan fingerprint density at radius 1 is 1.00 bits per heavy atom. The molecular formula is C17H19NO. The molecule has 2 heteroatoms. The third-order valence-corrected chi connectivity index (χ3v) is 5.26. The number of hydrogen-bond acceptors (Lipinski definition) is 2. The SMILES string of the molecule is NCC1(C2(c3cccc4ccccc34)COC2)CC1. The van der Waals surface area contributed by atoms with Crippen LogP contribution in [-0.4, -0.2) is 19.8 Å². The van der Waals surface area contributed by atoms with Crippen LogP contribution in [0.2, 0.25) is 0 Å². The van der Waals surface area contributed by atoms with Crippen molar-refractivity contribution in [1.82, 2.24) is 0 Å². The van der Waals surface area contributed by atoms with Crippen LogP contribution in [0, 0.1) is 5.41 Å². The molecule has 0 atom stereocenters. The molecule has 1 heterocycles. The number of fused-ring (bicyclic) bond motifs is 1. The van der Waals surface area contributed by atoms with Gasteiger partial charge in [0.15, 0.2) is 0 Å². The zero-order chi connectivity index (χ0) is 12.9. The molecule has 1 aliphatic heterocycles. The maximum absolute atomic E-state index is 6.09. The second kappa shape index (κ2) is 3.81. The van der Waals surface area contributed by atoms with Crippen LogP contribution >= 0.6 is 0 Å². The summed E-state index contributed by atoms with van der Waals surface area (Å²) >= 11 is 0. The molecule has 0 bridgehead atoms. The zero-order valence-electron chi connectivity index (χ0n) is 11.1. The van der Waals surface area contributed by atoms with E-state index >= 15 is 0 Å². The van der Waals surface area contributed by atoms with Crippen molar-refractivity contribution in [2.24, 2.45) is 11.1 Å². The van der Waals surface area contributed by atoms with Crippen LogP contribution in [0.25, 0.3) is 10.8 Å². The van der Waals surface area contributed by atoms with Gasteiger partial charge in [-0.3, -0.25) is 0 Å². The first-order valence-corrected chi connectivity index (χ1v) is 7.07. The van der Waals surface area contributed by atoms with Crippen LogP contribution in [0.4, 0.5) is 0 Å². The van der Waals surface area contributed by atoms with Gasteiger partial charge >= 0.3 is 0 Å². The average Bonchev–Trinajstić information content (AvgIpc) is 3.19. The molecule has 2 fully saturated rings. The summed E-state index contributed by atoms with van der Waals surface area (Å²) in [7, 11) is 0. The van der Waals surface area contributed by atoms with Gasteiger partial charge in [-0.25, -0.2) is 0 Å². The minimum absolute atomic E-state index is 0.155. The van der Waals surface area contributed by atoms with Crippen molar-refractivity contribution in [3.8, 4) is 0 Å². The van der Waals surface area contributed by atoms with Gasteiger partial charge in [-0.05, 0) is 41.1 Å². The second-order valence-corrected chi connectivity index (χ2v) is 6.09. The van der Waals surface area contributed by atoms with Gasteiger partial charge in [0, 0.05) is 5.41 Å². The molecule has 2 nitrogen and oxygen atoms in total. The summed E-state index contributed by atoms with van der Waals surface area (Å²) in [4.78, 5) is 0. The number of nitrogens with two attached hydrogens (primary N) is 1. The molecule has 2 aliphatic rings. The fourth-order valence-electron chi connectivity index (χ4n) is 3.73. The third kappa shape index (κ3) is 1.39. The maximum atomic E-state index is 6.09. The Bertz CT molecular complexity index is 621. The number of benzene rings is 2. The first-order valence-electron chi connectivity index (χ1n) is 7.07. The van der Waals surface area contributed by atoms with E-state index in [1.165, 1.54) is 29.2 Å². The monoisotopic (exact) mass is 253 g/mol. The van der Waals surface area contributed by atoms with Crippen LogP contribution < -0.4 is 5.73 Å². The quantitative estimate of drug-likeness (QED) is 0.913. The van der Waals surface area contributed by atoms with Crippen LogP contribution in [0.3, 0.4) is 0 Å². The lowest BCUT2D eigenvalue weighted by Gasteiger charge is -2.48. The average molecular weight is 253 g/mol. The minimum Gasteiger partial charge on any atom is -0.379 e. The molecule has 0 radical (unpaired) electrons. The molecule has 1 aliphatic carbocycles. The fraction of sp³-hybridized carbons (Fsp3) is 0.412. The molecule has 2 aromatic rings. The Balaban J connectivity index is 1.94. The first kappa shape index (κ1) is 11.4. The standard InChI is InChI=1S/C17H19NO/c18-10-16(8-9-16)17(11-19-12-17)15-7-3-5-13-4-1-2-6-14(13)15/h1-7H,8-12,18H2. The second-order valence-electron chi connectivity index (χ2n) is 6.09. The van der Waals surface area contributed by atoms with E-state index in [0.717, 1.165) is 19.8 Å². The molecular weight excluding hydrogens is 234 g/mol. The highest BCUT2D eigenvalue weighted by atomic mass is 16.5. The van der Waals surface area contributed by atoms with Crippen molar-refractivity contribution in [2.45, 2.75) is 18.3 Å². The van der Waals surface area contributed by atoms with Crippen molar-refractivity contribution in [3.05, 3.63) is 48.0 Å².